The fourth-order valence-electron chi connectivity index (χ4n) is 2.37. The fourth-order valence-corrected chi connectivity index (χ4v) is 3.17. The Hall–Kier alpha value is -1.89. The van der Waals surface area contributed by atoms with Crippen LogP contribution in [0, 0.1) is 0 Å². The van der Waals surface area contributed by atoms with Crippen LogP contribution in [0.2, 0.25) is 0 Å². The molecule has 22 heavy (non-hydrogen) atoms. The summed E-state index contributed by atoms with van der Waals surface area (Å²) in [5.74, 6) is -0.535. The molecule has 2 rings (SSSR count). The van der Waals surface area contributed by atoms with Gasteiger partial charge in [-0.15, -0.1) is 0 Å². The van der Waals surface area contributed by atoms with Crippen molar-refractivity contribution in [2.45, 2.75) is 31.1 Å². The highest BCUT2D eigenvalue weighted by Gasteiger charge is 2.22. The summed E-state index contributed by atoms with van der Waals surface area (Å²) in [5, 5.41) is 5.49. The largest absolute Gasteiger partial charge is 0.354 e. The van der Waals surface area contributed by atoms with Crippen molar-refractivity contribution in [2.75, 3.05) is 12.8 Å². The van der Waals surface area contributed by atoms with E-state index in [9.17, 15) is 18.0 Å². The average Bonchev–Trinajstić information content (AvgIpc) is 2.63. The Morgan fingerprint density at radius 2 is 1.95 bits per heavy atom. The van der Waals surface area contributed by atoms with Crippen LogP contribution in [0.5, 0.6) is 0 Å². The first-order chi connectivity index (χ1) is 10.3. The van der Waals surface area contributed by atoms with Gasteiger partial charge in [-0.05, 0) is 37.0 Å². The molecule has 0 unspecified atom stereocenters. The highest BCUT2D eigenvalue weighted by Crippen LogP contribution is 2.10. The third-order valence-corrected chi connectivity index (χ3v) is 4.34. The van der Waals surface area contributed by atoms with Crippen molar-refractivity contribution in [1.29, 1.82) is 0 Å². The Morgan fingerprint density at radius 1 is 1.27 bits per heavy atom. The van der Waals surface area contributed by atoms with E-state index in [1.54, 1.807) is 24.3 Å². The van der Waals surface area contributed by atoms with Crippen LogP contribution in [0.4, 0.5) is 0 Å². The van der Waals surface area contributed by atoms with Crippen molar-refractivity contribution < 1.29 is 18.0 Å². The molecule has 2 N–H and O–H groups in total. The zero-order valence-corrected chi connectivity index (χ0v) is 13.3. The molecule has 1 fully saturated rings. The van der Waals surface area contributed by atoms with Gasteiger partial charge in [0.1, 0.15) is 6.04 Å². The number of benzene rings is 1. The van der Waals surface area contributed by atoms with E-state index < -0.39 is 15.9 Å². The summed E-state index contributed by atoms with van der Waals surface area (Å²) in [4.78, 5) is 24.0. The van der Waals surface area contributed by atoms with Gasteiger partial charge in [0.2, 0.25) is 5.91 Å². The Morgan fingerprint density at radius 3 is 2.59 bits per heavy atom. The number of nitrogens with one attached hydrogen (secondary N) is 2. The molecule has 0 saturated carbocycles. The zero-order chi connectivity index (χ0) is 16.2. The number of sulfone groups is 1. The lowest BCUT2D eigenvalue weighted by Crippen LogP contribution is -2.45. The summed E-state index contributed by atoms with van der Waals surface area (Å²) < 4.78 is 22.5. The van der Waals surface area contributed by atoms with Gasteiger partial charge in [0.05, 0.1) is 5.75 Å². The Bertz CT molecular complexity index is 653. The van der Waals surface area contributed by atoms with E-state index in [0.29, 0.717) is 24.1 Å². The number of amides is 2. The molecule has 2 amide bonds. The van der Waals surface area contributed by atoms with Crippen molar-refractivity contribution in [2.24, 2.45) is 0 Å². The zero-order valence-electron chi connectivity index (χ0n) is 12.5. The molecule has 6 nitrogen and oxygen atoms in total. The second-order valence-corrected chi connectivity index (χ2v) is 7.72. The minimum atomic E-state index is -3.10. The lowest BCUT2D eigenvalue weighted by Gasteiger charge is -2.15. The minimum absolute atomic E-state index is 0.0556. The van der Waals surface area contributed by atoms with Gasteiger partial charge >= 0.3 is 0 Å². The van der Waals surface area contributed by atoms with Gasteiger partial charge in [0, 0.05) is 18.4 Å². The first-order valence-electron chi connectivity index (χ1n) is 7.20. The maximum atomic E-state index is 12.2. The SMILES string of the molecule is CS(=O)(=O)Cc1ccc(C(=O)N[C@H]2CCCCNC2=O)cc1. The molecule has 1 aromatic carbocycles. The molecule has 1 aliphatic rings. The number of carbonyl (C=O) groups excluding carboxylic acids is 2. The number of hydrogen-bond acceptors (Lipinski definition) is 4. The van der Waals surface area contributed by atoms with Gasteiger partial charge in [-0.25, -0.2) is 8.42 Å². The first kappa shape index (κ1) is 16.5. The molecule has 1 aromatic rings. The van der Waals surface area contributed by atoms with Crippen molar-refractivity contribution in [3.8, 4) is 0 Å². The smallest absolute Gasteiger partial charge is 0.251 e. The average molecular weight is 324 g/mol. The quantitative estimate of drug-likeness (QED) is 0.849. The first-order valence-corrected chi connectivity index (χ1v) is 9.26. The minimum Gasteiger partial charge on any atom is -0.354 e. The van der Waals surface area contributed by atoms with Gasteiger partial charge < -0.3 is 10.6 Å². The van der Waals surface area contributed by atoms with Crippen molar-refractivity contribution in [3.63, 3.8) is 0 Å². The van der Waals surface area contributed by atoms with Crippen molar-refractivity contribution >= 4 is 21.7 Å². The molecule has 120 valence electrons. The standard InChI is InChI=1S/C15H20N2O4S/c1-22(20,21)10-11-5-7-12(8-6-11)14(18)17-13-4-2-3-9-16-15(13)19/h5-8,13H,2-4,9-10H2,1H3,(H,16,19)(H,17,18)/t13-/m0/s1. The van der Waals surface area contributed by atoms with E-state index in [-0.39, 0.29) is 17.6 Å². The van der Waals surface area contributed by atoms with Crippen LogP contribution >= 0.6 is 0 Å². The summed E-state index contributed by atoms with van der Waals surface area (Å²) in [6.07, 6.45) is 3.59. The number of rotatable bonds is 4. The normalized spacial score (nSPS) is 19.1. The van der Waals surface area contributed by atoms with Crippen LogP contribution in [0.1, 0.15) is 35.2 Å². The molecule has 0 bridgehead atoms. The van der Waals surface area contributed by atoms with Gasteiger partial charge in [-0.3, -0.25) is 9.59 Å². The number of hydrogen-bond donors (Lipinski definition) is 2. The molecular weight excluding hydrogens is 304 g/mol. The molecule has 1 saturated heterocycles. The van der Waals surface area contributed by atoms with Gasteiger partial charge in [-0.2, -0.15) is 0 Å². The second kappa shape index (κ2) is 6.91. The van der Waals surface area contributed by atoms with E-state index in [4.69, 9.17) is 0 Å². The molecule has 0 radical (unpaired) electrons. The molecule has 1 atom stereocenters. The van der Waals surface area contributed by atoms with Crippen LogP contribution in [-0.2, 0) is 20.4 Å². The van der Waals surface area contributed by atoms with E-state index >= 15 is 0 Å². The molecule has 0 aromatic heterocycles. The molecule has 7 heteroatoms. The number of carbonyl (C=O) groups is 2. The van der Waals surface area contributed by atoms with Crippen molar-refractivity contribution in [3.05, 3.63) is 35.4 Å². The van der Waals surface area contributed by atoms with E-state index in [1.807, 2.05) is 0 Å². The summed E-state index contributed by atoms with van der Waals surface area (Å²) in [5.41, 5.74) is 1.04. The predicted molar refractivity (Wildman–Crippen MR) is 83.1 cm³/mol. The summed E-state index contributed by atoms with van der Waals surface area (Å²) in [7, 11) is -3.10. The summed E-state index contributed by atoms with van der Waals surface area (Å²) in [6.45, 7) is 0.644. The molecular formula is C15H20N2O4S. The molecule has 1 aliphatic heterocycles. The molecule has 0 spiro atoms. The fraction of sp³-hybridized carbons (Fsp3) is 0.467. The maximum Gasteiger partial charge on any atom is 0.251 e. The maximum absolute atomic E-state index is 12.2. The van der Waals surface area contributed by atoms with Crippen LogP contribution in [0.15, 0.2) is 24.3 Å². The summed E-state index contributed by atoms with van der Waals surface area (Å²) in [6, 6.07) is 5.87. The van der Waals surface area contributed by atoms with Crippen LogP contribution in [0.25, 0.3) is 0 Å². The molecule has 0 aliphatic carbocycles. The second-order valence-electron chi connectivity index (χ2n) is 5.58. The van der Waals surface area contributed by atoms with E-state index in [2.05, 4.69) is 10.6 Å². The lowest BCUT2D eigenvalue weighted by molar-refractivity contribution is -0.122. The highest BCUT2D eigenvalue weighted by molar-refractivity contribution is 7.89. The topological polar surface area (TPSA) is 92.3 Å². The van der Waals surface area contributed by atoms with E-state index in [0.717, 1.165) is 19.1 Å². The third kappa shape index (κ3) is 4.84. The monoisotopic (exact) mass is 324 g/mol. The lowest BCUT2D eigenvalue weighted by atomic mass is 10.1. The molecule has 1 heterocycles. The van der Waals surface area contributed by atoms with E-state index in [1.165, 1.54) is 0 Å². The van der Waals surface area contributed by atoms with Crippen LogP contribution in [-0.4, -0.2) is 39.1 Å². The van der Waals surface area contributed by atoms with Crippen LogP contribution < -0.4 is 10.6 Å². The van der Waals surface area contributed by atoms with Crippen LogP contribution in [0.3, 0.4) is 0 Å². The van der Waals surface area contributed by atoms with Gasteiger partial charge in [0.15, 0.2) is 9.84 Å². The third-order valence-electron chi connectivity index (χ3n) is 3.49. The Labute approximate surface area is 130 Å². The van der Waals surface area contributed by atoms with Gasteiger partial charge in [0.25, 0.3) is 5.91 Å². The Balaban J connectivity index is 2.01. The van der Waals surface area contributed by atoms with Crippen molar-refractivity contribution in [1.82, 2.24) is 10.6 Å². The predicted octanol–water partition coefficient (Wildman–Crippen LogP) is 0.630. The highest BCUT2D eigenvalue weighted by atomic mass is 32.2. The summed E-state index contributed by atoms with van der Waals surface area (Å²) >= 11 is 0. The Kier molecular flexibility index (Phi) is 5.18. The van der Waals surface area contributed by atoms with Gasteiger partial charge in [-0.1, -0.05) is 12.1 Å².